The van der Waals surface area contributed by atoms with Gasteiger partial charge in [-0.25, -0.2) is 0 Å². The molecule has 1 amide bonds. The Hall–Kier alpha value is -0.610. The molecule has 1 saturated heterocycles. The van der Waals surface area contributed by atoms with Crippen molar-refractivity contribution in [1.82, 2.24) is 4.90 Å². The second kappa shape index (κ2) is 3.87. The summed E-state index contributed by atoms with van der Waals surface area (Å²) in [5.41, 5.74) is 5.45. The molecule has 0 aromatic carbocycles. The van der Waals surface area contributed by atoms with Crippen LogP contribution in [0.2, 0.25) is 0 Å². The van der Waals surface area contributed by atoms with Crippen molar-refractivity contribution in [3.05, 3.63) is 0 Å². The van der Waals surface area contributed by atoms with Gasteiger partial charge >= 0.3 is 0 Å². The van der Waals surface area contributed by atoms with Gasteiger partial charge in [-0.2, -0.15) is 0 Å². The van der Waals surface area contributed by atoms with E-state index < -0.39 is 6.04 Å². The van der Waals surface area contributed by atoms with Crippen molar-refractivity contribution in [2.24, 2.45) is 11.7 Å². The number of amides is 1. The number of carbonyl (C=O) groups excluding carboxylic acids is 1. The average molecular weight is 172 g/mol. The van der Waals surface area contributed by atoms with Crippen LogP contribution in [0.25, 0.3) is 0 Å². The summed E-state index contributed by atoms with van der Waals surface area (Å²) in [5, 5.41) is 8.83. The van der Waals surface area contributed by atoms with E-state index in [1.54, 1.807) is 11.8 Å². The molecule has 1 rings (SSSR count). The average Bonchev–Trinajstić information content (AvgIpc) is 2.50. The minimum atomic E-state index is -0.414. The number of nitrogens with zero attached hydrogens (tertiary/aromatic N) is 1. The fourth-order valence-electron chi connectivity index (χ4n) is 1.47. The zero-order chi connectivity index (χ0) is 9.14. The molecule has 0 aromatic rings. The SMILES string of the molecule is C[C@H](N)C(=O)N1CC[C@@H](CO)C1. The highest BCUT2D eigenvalue weighted by Gasteiger charge is 2.26. The van der Waals surface area contributed by atoms with Crippen LogP contribution in [0, 0.1) is 5.92 Å². The highest BCUT2D eigenvalue weighted by molar-refractivity contribution is 5.81. The quantitative estimate of drug-likeness (QED) is 0.571. The second-order valence-electron chi connectivity index (χ2n) is 3.41. The van der Waals surface area contributed by atoms with Crippen molar-refractivity contribution in [2.75, 3.05) is 19.7 Å². The van der Waals surface area contributed by atoms with Crippen LogP contribution in [0.5, 0.6) is 0 Å². The second-order valence-corrected chi connectivity index (χ2v) is 3.41. The molecule has 0 aromatic heterocycles. The zero-order valence-electron chi connectivity index (χ0n) is 7.36. The number of nitrogens with two attached hydrogens (primary N) is 1. The van der Waals surface area contributed by atoms with Gasteiger partial charge in [0.05, 0.1) is 6.04 Å². The van der Waals surface area contributed by atoms with Crippen molar-refractivity contribution in [3.8, 4) is 0 Å². The highest BCUT2D eigenvalue weighted by atomic mass is 16.3. The lowest BCUT2D eigenvalue weighted by Crippen LogP contribution is -2.40. The first-order valence-electron chi connectivity index (χ1n) is 4.30. The summed E-state index contributed by atoms with van der Waals surface area (Å²) in [4.78, 5) is 13.1. The summed E-state index contributed by atoms with van der Waals surface area (Å²) >= 11 is 0. The van der Waals surface area contributed by atoms with E-state index >= 15 is 0 Å². The lowest BCUT2D eigenvalue weighted by Gasteiger charge is -2.18. The van der Waals surface area contributed by atoms with Crippen molar-refractivity contribution < 1.29 is 9.90 Å². The topological polar surface area (TPSA) is 66.6 Å². The Bertz CT molecular complexity index is 170. The lowest BCUT2D eigenvalue weighted by atomic mass is 10.1. The van der Waals surface area contributed by atoms with E-state index in [-0.39, 0.29) is 18.4 Å². The number of likely N-dealkylation sites (tertiary alicyclic amines) is 1. The van der Waals surface area contributed by atoms with Gasteiger partial charge < -0.3 is 15.7 Å². The van der Waals surface area contributed by atoms with Gasteiger partial charge in [0.25, 0.3) is 0 Å². The maximum absolute atomic E-state index is 11.3. The number of aliphatic hydroxyl groups is 1. The Morgan fingerprint density at radius 3 is 2.92 bits per heavy atom. The molecule has 0 radical (unpaired) electrons. The van der Waals surface area contributed by atoms with Gasteiger partial charge in [-0.1, -0.05) is 0 Å². The van der Waals surface area contributed by atoms with Gasteiger partial charge in [0.2, 0.25) is 5.91 Å². The molecular weight excluding hydrogens is 156 g/mol. The molecule has 1 heterocycles. The zero-order valence-corrected chi connectivity index (χ0v) is 7.36. The standard InChI is InChI=1S/C8H16N2O2/c1-6(9)8(12)10-3-2-7(4-10)5-11/h6-7,11H,2-5,9H2,1H3/t6-,7+/m0/s1. The number of carbonyl (C=O) groups is 1. The molecule has 1 aliphatic rings. The van der Waals surface area contributed by atoms with Gasteiger partial charge in [-0.05, 0) is 13.3 Å². The summed E-state index contributed by atoms with van der Waals surface area (Å²) in [5.74, 6) is 0.249. The van der Waals surface area contributed by atoms with Gasteiger partial charge in [0.1, 0.15) is 0 Å². The van der Waals surface area contributed by atoms with Gasteiger partial charge in [0, 0.05) is 25.6 Å². The van der Waals surface area contributed by atoms with E-state index in [0.29, 0.717) is 6.54 Å². The van der Waals surface area contributed by atoms with Gasteiger partial charge in [0.15, 0.2) is 0 Å². The molecule has 0 spiro atoms. The molecule has 4 nitrogen and oxygen atoms in total. The molecule has 1 aliphatic heterocycles. The first-order valence-corrected chi connectivity index (χ1v) is 4.30. The van der Waals surface area contributed by atoms with Crippen molar-refractivity contribution in [3.63, 3.8) is 0 Å². The van der Waals surface area contributed by atoms with Crippen molar-refractivity contribution >= 4 is 5.91 Å². The van der Waals surface area contributed by atoms with Gasteiger partial charge in [-0.3, -0.25) is 4.79 Å². The number of rotatable bonds is 2. The van der Waals surface area contributed by atoms with Crippen LogP contribution >= 0.6 is 0 Å². The molecule has 1 fully saturated rings. The van der Waals surface area contributed by atoms with E-state index in [1.165, 1.54) is 0 Å². The molecule has 4 heteroatoms. The van der Waals surface area contributed by atoms with E-state index in [9.17, 15) is 4.79 Å². The Balaban J connectivity index is 2.41. The van der Waals surface area contributed by atoms with Crippen LogP contribution in [-0.4, -0.2) is 41.7 Å². The third kappa shape index (κ3) is 1.95. The van der Waals surface area contributed by atoms with Crippen LogP contribution < -0.4 is 5.73 Å². The van der Waals surface area contributed by atoms with Crippen LogP contribution in [0.1, 0.15) is 13.3 Å². The lowest BCUT2D eigenvalue weighted by molar-refractivity contribution is -0.131. The summed E-state index contributed by atoms with van der Waals surface area (Å²) in [6.07, 6.45) is 0.898. The van der Waals surface area contributed by atoms with Crippen LogP contribution in [-0.2, 0) is 4.79 Å². The van der Waals surface area contributed by atoms with Crippen molar-refractivity contribution in [2.45, 2.75) is 19.4 Å². The fourth-order valence-corrected chi connectivity index (χ4v) is 1.47. The van der Waals surface area contributed by atoms with E-state index in [4.69, 9.17) is 10.8 Å². The first-order chi connectivity index (χ1) is 5.65. The largest absolute Gasteiger partial charge is 0.396 e. The molecule has 0 aliphatic carbocycles. The molecule has 2 atom stereocenters. The Labute approximate surface area is 72.3 Å². The minimum absolute atomic E-state index is 0.00838. The molecule has 70 valence electrons. The molecule has 0 bridgehead atoms. The highest BCUT2D eigenvalue weighted by Crippen LogP contribution is 2.15. The molecule has 0 saturated carbocycles. The summed E-state index contributed by atoms with van der Waals surface area (Å²) < 4.78 is 0. The maximum Gasteiger partial charge on any atom is 0.239 e. The smallest absolute Gasteiger partial charge is 0.239 e. The van der Waals surface area contributed by atoms with E-state index in [1.807, 2.05) is 0 Å². The van der Waals surface area contributed by atoms with Crippen molar-refractivity contribution in [1.29, 1.82) is 0 Å². The van der Waals surface area contributed by atoms with Crippen LogP contribution in [0.3, 0.4) is 0 Å². The first kappa shape index (κ1) is 9.48. The minimum Gasteiger partial charge on any atom is -0.396 e. The maximum atomic E-state index is 11.3. The van der Waals surface area contributed by atoms with Crippen LogP contribution in [0.15, 0.2) is 0 Å². The van der Waals surface area contributed by atoms with Crippen LogP contribution in [0.4, 0.5) is 0 Å². The molecule has 12 heavy (non-hydrogen) atoms. The molecule has 0 unspecified atom stereocenters. The third-order valence-corrected chi connectivity index (χ3v) is 2.25. The summed E-state index contributed by atoms with van der Waals surface area (Å²) in [6, 6.07) is -0.414. The molecular formula is C8H16N2O2. The monoisotopic (exact) mass is 172 g/mol. The Kier molecular flexibility index (Phi) is 3.05. The van der Waals surface area contributed by atoms with E-state index in [0.717, 1.165) is 13.0 Å². The third-order valence-electron chi connectivity index (χ3n) is 2.25. The number of hydrogen-bond acceptors (Lipinski definition) is 3. The molecule has 3 N–H and O–H groups in total. The fraction of sp³-hybridized carbons (Fsp3) is 0.875. The van der Waals surface area contributed by atoms with Gasteiger partial charge in [-0.15, -0.1) is 0 Å². The number of hydrogen-bond donors (Lipinski definition) is 2. The Morgan fingerprint density at radius 2 is 2.50 bits per heavy atom. The predicted octanol–water partition coefficient (Wildman–Crippen LogP) is -0.826. The Morgan fingerprint density at radius 1 is 1.83 bits per heavy atom. The summed E-state index contributed by atoms with van der Waals surface area (Å²) in [6.45, 7) is 3.26. The van der Waals surface area contributed by atoms with E-state index in [2.05, 4.69) is 0 Å². The predicted molar refractivity (Wildman–Crippen MR) is 45.4 cm³/mol. The normalized spacial score (nSPS) is 25.9. The number of aliphatic hydroxyl groups excluding tert-OH is 1. The summed E-state index contributed by atoms with van der Waals surface area (Å²) in [7, 11) is 0.